The van der Waals surface area contributed by atoms with Crippen LogP contribution in [0.5, 0.6) is 5.75 Å². The van der Waals surface area contributed by atoms with Gasteiger partial charge in [-0.2, -0.15) is 4.98 Å². The summed E-state index contributed by atoms with van der Waals surface area (Å²) in [6.07, 6.45) is -0.0217. The second kappa shape index (κ2) is 8.74. The van der Waals surface area contributed by atoms with E-state index in [-0.39, 0.29) is 24.3 Å². The highest BCUT2D eigenvalue weighted by molar-refractivity contribution is 5.74. The zero-order chi connectivity index (χ0) is 22.0. The topological polar surface area (TPSA) is 103 Å². The molecule has 0 saturated carbocycles. The molecular formula is C21H29N5O4. The van der Waals surface area contributed by atoms with E-state index in [4.69, 9.17) is 4.74 Å². The Labute approximate surface area is 174 Å². The molecule has 3 rings (SSSR count). The van der Waals surface area contributed by atoms with Crippen molar-refractivity contribution >= 4 is 17.1 Å². The first kappa shape index (κ1) is 21.6. The van der Waals surface area contributed by atoms with E-state index in [0.29, 0.717) is 18.2 Å². The lowest BCUT2D eigenvalue weighted by atomic mass is 10.1. The van der Waals surface area contributed by atoms with Gasteiger partial charge in [0.2, 0.25) is 5.95 Å². The Morgan fingerprint density at radius 1 is 1.17 bits per heavy atom. The van der Waals surface area contributed by atoms with Gasteiger partial charge >= 0.3 is 5.69 Å². The molecule has 1 atom stereocenters. The number of aliphatic hydroxyl groups excluding tert-OH is 1. The van der Waals surface area contributed by atoms with Crippen LogP contribution in [-0.2, 0) is 20.6 Å². The minimum absolute atomic E-state index is 0.0570. The number of benzene rings is 1. The molecule has 1 aromatic carbocycles. The van der Waals surface area contributed by atoms with Gasteiger partial charge < -0.3 is 19.7 Å². The molecule has 0 aliphatic heterocycles. The molecule has 0 saturated heterocycles. The summed E-state index contributed by atoms with van der Waals surface area (Å²) in [4.78, 5) is 29.5. The maximum atomic E-state index is 12.8. The second-order valence-electron chi connectivity index (χ2n) is 7.56. The molecule has 2 aromatic heterocycles. The number of aryl methyl sites for hydroxylation is 3. The molecule has 2 N–H and O–H groups in total. The number of aliphatic hydroxyl groups is 1. The molecule has 0 bridgehead atoms. The Morgan fingerprint density at radius 3 is 2.57 bits per heavy atom. The van der Waals surface area contributed by atoms with Crippen LogP contribution in [0.15, 0.2) is 27.8 Å². The molecule has 9 nitrogen and oxygen atoms in total. The van der Waals surface area contributed by atoms with Crippen molar-refractivity contribution in [1.29, 1.82) is 0 Å². The van der Waals surface area contributed by atoms with Gasteiger partial charge in [-0.3, -0.25) is 13.9 Å². The maximum absolute atomic E-state index is 12.8. The van der Waals surface area contributed by atoms with Crippen LogP contribution in [0.25, 0.3) is 11.2 Å². The van der Waals surface area contributed by atoms with Gasteiger partial charge in [-0.25, -0.2) is 4.79 Å². The molecule has 3 aromatic rings. The van der Waals surface area contributed by atoms with Gasteiger partial charge in [-0.1, -0.05) is 13.0 Å². The summed E-state index contributed by atoms with van der Waals surface area (Å²) in [5.74, 6) is 1.12. The zero-order valence-electron chi connectivity index (χ0n) is 18.1. The fourth-order valence-corrected chi connectivity index (χ4v) is 3.26. The first-order chi connectivity index (χ1) is 14.2. The quantitative estimate of drug-likeness (QED) is 0.575. The highest BCUT2D eigenvalue weighted by Crippen LogP contribution is 2.19. The van der Waals surface area contributed by atoms with E-state index in [0.717, 1.165) is 16.6 Å². The number of ether oxygens (including phenoxy) is 1. The van der Waals surface area contributed by atoms with Crippen LogP contribution in [0.4, 0.5) is 5.95 Å². The molecule has 30 heavy (non-hydrogen) atoms. The van der Waals surface area contributed by atoms with Gasteiger partial charge in [0.1, 0.15) is 18.5 Å². The summed E-state index contributed by atoms with van der Waals surface area (Å²) in [6.45, 7) is 6.84. The van der Waals surface area contributed by atoms with Crippen LogP contribution in [-0.4, -0.2) is 43.0 Å². The van der Waals surface area contributed by atoms with Crippen molar-refractivity contribution in [3.63, 3.8) is 0 Å². The second-order valence-corrected chi connectivity index (χ2v) is 7.56. The Morgan fingerprint density at radius 2 is 1.90 bits per heavy atom. The van der Waals surface area contributed by atoms with Crippen molar-refractivity contribution < 1.29 is 9.84 Å². The van der Waals surface area contributed by atoms with Crippen LogP contribution >= 0.6 is 0 Å². The largest absolute Gasteiger partial charge is 0.491 e. The number of hydrogen-bond acceptors (Lipinski definition) is 6. The van der Waals surface area contributed by atoms with Gasteiger partial charge in [0.05, 0.1) is 6.54 Å². The van der Waals surface area contributed by atoms with E-state index in [1.165, 1.54) is 17.2 Å². The van der Waals surface area contributed by atoms with Gasteiger partial charge in [0, 0.05) is 20.6 Å². The third-order valence-corrected chi connectivity index (χ3v) is 5.20. The minimum atomic E-state index is -0.881. The SMILES string of the molecule is CCCNc1nc2c(c(=O)n(C)c(=O)n2C)n1C[C@H](O)COc1ccc(C)c(C)c1. The van der Waals surface area contributed by atoms with Gasteiger partial charge in [0.15, 0.2) is 11.2 Å². The van der Waals surface area contributed by atoms with Crippen molar-refractivity contribution in [1.82, 2.24) is 18.7 Å². The van der Waals surface area contributed by atoms with Crippen molar-refractivity contribution in [2.45, 2.75) is 39.8 Å². The van der Waals surface area contributed by atoms with E-state index in [9.17, 15) is 14.7 Å². The fourth-order valence-electron chi connectivity index (χ4n) is 3.26. The predicted octanol–water partition coefficient (Wildman–Crippen LogP) is 1.31. The predicted molar refractivity (Wildman–Crippen MR) is 116 cm³/mol. The summed E-state index contributed by atoms with van der Waals surface area (Å²) in [6, 6.07) is 5.76. The summed E-state index contributed by atoms with van der Waals surface area (Å²) in [7, 11) is 3.00. The van der Waals surface area contributed by atoms with Crippen LogP contribution in [0.3, 0.4) is 0 Å². The number of aromatic nitrogens is 4. The third-order valence-electron chi connectivity index (χ3n) is 5.20. The van der Waals surface area contributed by atoms with Crippen LogP contribution < -0.4 is 21.3 Å². The van der Waals surface area contributed by atoms with Gasteiger partial charge in [-0.15, -0.1) is 0 Å². The van der Waals surface area contributed by atoms with E-state index in [1.54, 1.807) is 11.6 Å². The molecule has 0 aliphatic rings. The standard InChI is InChI=1S/C21H29N5O4/c1-6-9-22-20-23-18-17(19(28)25(5)21(29)24(18)4)26(20)11-15(27)12-30-16-8-7-13(2)14(3)10-16/h7-8,10,15,27H,6,9,11-12H2,1-5H3,(H,22,23)/t15-/m0/s1. The number of rotatable bonds is 8. The molecular weight excluding hydrogens is 386 g/mol. The number of fused-ring (bicyclic) bond motifs is 1. The summed E-state index contributed by atoms with van der Waals surface area (Å²) >= 11 is 0. The lowest BCUT2D eigenvalue weighted by molar-refractivity contribution is 0.0938. The van der Waals surface area contributed by atoms with Crippen molar-refractivity contribution in [2.75, 3.05) is 18.5 Å². The number of anilines is 1. The van der Waals surface area contributed by atoms with E-state index >= 15 is 0 Å². The molecule has 0 aliphatic carbocycles. The molecule has 9 heteroatoms. The maximum Gasteiger partial charge on any atom is 0.332 e. The first-order valence-electron chi connectivity index (χ1n) is 10.0. The van der Waals surface area contributed by atoms with Crippen molar-refractivity contribution in [2.24, 2.45) is 14.1 Å². The molecule has 0 radical (unpaired) electrons. The van der Waals surface area contributed by atoms with Crippen LogP contribution in [0.2, 0.25) is 0 Å². The third kappa shape index (κ3) is 4.11. The van der Waals surface area contributed by atoms with Gasteiger partial charge in [0.25, 0.3) is 5.56 Å². The normalized spacial score (nSPS) is 12.3. The lowest BCUT2D eigenvalue weighted by Crippen LogP contribution is -2.38. The highest BCUT2D eigenvalue weighted by Gasteiger charge is 2.21. The number of nitrogens with one attached hydrogen (secondary N) is 1. The fraction of sp³-hybridized carbons (Fsp3) is 0.476. The van der Waals surface area contributed by atoms with Crippen LogP contribution in [0.1, 0.15) is 24.5 Å². The smallest absolute Gasteiger partial charge is 0.332 e. The van der Waals surface area contributed by atoms with E-state index < -0.39 is 17.4 Å². The lowest BCUT2D eigenvalue weighted by Gasteiger charge is -2.16. The zero-order valence-corrected chi connectivity index (χ0v) is 18.1. The summed E-state index contributed by atoms with van der Waals surface area (Å²) in [5, 5.41) is 13.8. The molecule has 0 unspecified atom stereocenters. The first-order valence-corrected chi connectivity index (χ1v) is 10.0. The molecule has 162 valence electrons. The minimum Gasteiger partial charge on any atom is -0.491 e. The Balaban J connectivity index is 1.92. The number of nitrogens with zero attached hydrogens (tertiary/aromatic N) is 4. The van der Waals surface area contributed by atoms with Crippen LogP contribution in [0, 0.1) is 13.8 Å². The average Bonchev–Trinajstić information content (AvgIpc) is 3.08. The average molecular weight is 415 g/mol. The van der Waals surface area contributed by atoms with E-state index in [1.807, 2.05) is 39.0 Å². The summed E-state index contributed by atoms with van der Waals surface area (Å²) < 4.78 is 9.75. The monoisotopic (exact) mass is 415 g/mol. The Hall–Kier alpha value is -3.07. The Bertz CT molecular complexity index is 1170. The highest BCUT2D eigenvalue weighted by atomic mass is 16.5. The number of imidazole rings is 1. The molecule has 2 heterocycles. The number of hydrogen-bond donors (Lipinski definition) is 2. The van der Waals surface area contributed by atoms with Crippen molar-refractivity contribution in [3.8, 4) is 5.75 Å². The van der Waals surface area contributed by atoms with Gasteiger partial charge in [-0.05, 0) is 43.5 Å². The molecule has 0 spiro atoms. The summed E-state index contributed by atoms with van der Waals surface area (Å²) in [5.41, 5.74) is 1.93. The Kier molecular flexibility index (Phi) is 6.31. The molecule has 0 fully saturated rings. The van der Waals surface area contributed by atoms with E-state index in [2.05, 4.69) is 10.3 Å². The molecule has 0 amide bonds. The van der Waals surface area contributed by atoms with Crippen molar-refractivity contribution in [3.05, 3.63) is 50.2 Å².